The van der Waals surface area contributed by atoms with Gasteiger partial charge in [-0.25, -0.2) is 9.37 Å². The van der Waals surface area contributed by atoms with Gasteiger partial charge in [0.15, 0.2) is 11.5 Å². The van der Waals surface area contributed by atoms with Crippen molar-refractivity contribution in [2.75, 3.05) is 13.7 Å². The van der Waals surface area contributed by atoms with Gasteiger partial charge in [-0.05, 0) is 57.4 Å². The van der Waals surface area contributed by atoms with Crippen LogP contribution in [0.1, 0.15) is 61.9 Å². The SMILES string of the molecule is COc1cc(-c2cc(C(=O)N3CCC(C(=O)NC4CCC(C(F)(F)F)CC4)CC34CC4)n[nH]2)c(F)cn1. The number of piperidine rings is 1. The van der Waals surface area contributed by atoms with Gasteiger partial charge in [-0.3, -0.25) is 14.7 Å². The number of carbonyl (C=O) groups is 2. The normalized spacial score (nSPS) is 25.1. The second kappa shape index (κ2) is 9.60. The van der Waals surface area contributed by atoms with E-state index in [4.69, 9.17) is 4.74 Å². The molecule has 1 unspecified atom stereocenters. The molecule has 3 heterocycles. The molecule has 2 aliphatic carbocycles. The predicted molar refractivity (Wildman–Crippen MR) is 124 cm³/mol. The number of likely N-dealkylation sites (tertiary alicyclic amines) is 1. The zero-order valence-electron chi connectivity index (χ0n) is 20.4. The van der Waals surface area contributed by atoms with Crippen molar-refractivity contribution in [3.05, 3.63) is 29.8 Å². The molecule has 2 saturated carbocycles. The molecule has 2 aromatic heterocycles. The van der Waals surface area contributed by atoms with Crippen molar-refractivity contribution in [2.24, 2.45) is 11.8 Å². The highest BCUT2D eigenvalue weighted by molar-refractivity contribution is 5.94. The molecule has 1 spiro atoms. The first-order valence-corrected chi connectivity index (χ1v) is 12.5. The summed E-state index contributed by atoms with van der Waals surface area (Å²) in [4.78, 5) is 31.9. The van der Waals surface area contributed by atoms with Gasteiger partial charge < -0.3 is 15.0 Å². The molecule has 12 heteroatoms. The molecule has 5 rings (SSSR count). The number of hydrogen-bond acceptors (Lipinski definition) is 5. The molecule has 0 radical (unpaired) electrons. The standard InChI is InChI=1S/C25H29F4N5O3/c1-37-21-10-17(18(26)13-30-21)19-11-20(33-32-19)23(36)34-9-6-14(12-24(34)7-8-24)22(35)31-16-4-2-15(3-5-16)25(27,28)29/h10-11,13-16H,2-9,12H2,1H3,(H,31,35)(H,32,33). The molecule has 3 aliphatic rings. The van der Waals surface area contributed by atoms with Crippen LogP contribution in [-0.2, 0) is 4.79 Å². The Bertz CT molecular complexity index is 1170. The van der Waals surface area contributed by atoms with Crippen LogP contribution in [0, 0.1) is 17.7 Å². The van der Waals surface area contributed by atoms with Crippen LogP contribution in [0.5, 0.6) is 5.88 Å². The minimum absolute atomic E-state index is 0.0349. The van der Waals surface area contributed by atoms with E-state index >= 15 is 0 Å². The third-order valence-electron chi connectivity index (χ3n) is 8.01. The van der Waals surface area contributed by atoms with E-state index in [0.717, 1.165) is 19.0 Å². The van der Waals surface area contributed by atoms with Gasteiger partial charge in [0.1, 0.15) is 0 Å². The number of aromatic amines is 1. The Hall–Kier alpha value is -3.18. The molecule has 37 heavy (non-hydrogen) atoms. The summed E-state index contributed by atoms with van der Waals surface area (Å²) in [7, 11) is 1.42. The molecule has 200 valence electrons. The number of halogens is 4. The second-order valence-electron chi connectivity index (χ2n) is 10.3. The molecule has 2 aromatic rings. The molecule has 1 atom stereocenters. The Kier molecular flexibility index (Phi) is 6.61. The number of ether oxygens (including phenoxy) is 1. The van der Waals surface area contributed by atoms with E-state index in [-0.39, 0.29) is 53.8 Å². The van der Waals surface area contributed by atoms with E-state index < -0.39 is 23.5 Å². The molecule has 3 fully saturated rings. The number of nitrogens with one attached hydrogen (secondary N) is 2. The average Bonchev–Trinajstić information content (AvgIpc) is 3.45. The van der Waals surface area contributed by atoms with E-state index in [1.54, 1.807) is 4.90 Å². The maximum Gasteiger partial charge on any atom is 0.391 e. The summed E-state index contributed by atoms with van der Waals surface area (Å²) in [5.41, 5.74) is 0.232. The average molecular weight is 524 g/mol. The zero-order chi connectivity index (χ0) is 26.4. The number of nitrogens with zero attached hydrogens (tertiary/aromatic N) is 3. The van der Waals surface area contributed by atoms with Crippen molar-refractivity contribution in [1.29, 1.82) is 0 Å². The zero-order valence-corrected chi connectivity index (χ0v) is 20.4. The lowest BCUT2D eigenvalue weighted by atomic mass is 9.84. The van der Waals surface area contributed by atoms with Crippen molar-refractivity contribution in [3.8, 4) is 17.1 Å². The lowest BCUT2D eigenvalue weighted by molar-refractivity contribution is -0.182. The maximum atomic E-state index is 14.3. The number of hydrogen-bond donors (Lipinski definition) is 2. The van der Waals surface area contributed by atoms with Gasteiger partial charge in [0.05, 0.1) is 24.9 Å². The number of pyridine rings is 1. The minimum Gasteiger partial charge on any atom is -0.481 e. The number of aromatic nitrogens is 3. The molecule has 0 bridgehead atoms. The van der Waals surface area contributed by atoms with E-state index in [1.807, 2.05) is 0 Å². The third kappa shape index (κ3) is 5.15. The third-order valence-corrected chi connectivity index (χ3v) is 8.01. The van der Waals surface area contributed by atoms with Crippen molar-refractivity contribution >= 4 is 11.8 Å². The first-order valence-electron chi connectivity index (χ1n) is 12.5. The molecule has 2 N–H and O–H groups in total. The molecule has 1 aliphatic heterocycles. The molecule has 2 amide bonds. The molecule has 1 saturated heterocycles. The predicted octanol–water partition coefficient (Wildman–Crippen LogP) is 4.24. The number of alkyl halides is 3. The summed E-state index contributed by atoms with van der Waals surface area (Å²) >= 11 is 0. The largest absolute Gasteiger partial charge is 0.481 e. The topological polar surface area (TPSA) is 100 Å². The van der Waals surface area contributed by atoms with Crippen molar-refractivity contribution < 1.29 is 31.9 Å². The van der Waals surface area contributed by atoms with Crippen LogP contribution in [0.3, 0.4) is 0 Å². The Morgan fingerprint density at radius 3 is 2.54 bits per heavy atom. The number of carbonyl (C=O) groups excluding carboxylic acids is 2. The maximum absolute atomic E-state index is 14.3. The summed E-state index contributed by atoms with van der Waals surface area (Å²) in [5, 5.41) is 9.78. The highest BCUT2D eigenvalue weighted by Crippen LogP contribution is 2.50. The van der Waals surface area contributed by atoms with Gasteiger partial charge in [0.25, 0.3) is 5.91 Å². The Labute approximate surface area is 211 Å². The lowest BCUT2D eigenvalue weighted by Gasteiger charge is -2.40. The van der Waals surface area contributed by atoms with Gasteiger partial charge in [0, 0.05) is 35.7 Å². The highest BCUT2D eigenvalue weighted by Gasteiger charge is 2.55. The van der Waals surface area contributed by atoms with Gasteiger partial charge in [0.2, 0.25) is 11.8 Å². The number of amides is 2. The van der Waals surface area contributed by atoms with Gasteiger partial charge in [-0.15, -0.1) is 0 Å². The van der Waals surface area contributed by atoms with E-state index in [2.05, 4.69) is 20.5 Å². The van der Waals surface area contributed by atoms with Crippen LogP contribution in [0.25, 0.3) is 11.3 Å². The van der Waals surface area contributed by atoms with E-state index in [9.17, 15) is 27.2 Å². The van der Waals surface area contributed by atoms with Crippen LogP contribution < -0.4 is 10.1 Å². The molecular weight excluding hydrogens is 494 g/mol. The summed E-state index contributed by atoms with van der Waals surface area (Å²) in [6, 6.07) is 2.67. The Morgan fingerprint density at radius 2 is 1.89 bits per heavy atom. The van der Waals surface area contributed by atoms with E-state index in [1.165, 1.54) is 19.2 Å². The Balaban J connectivity index is 1.20. The van der Waals surface area contributed by atoms with E-state index in [0.29, 0.717) is 37.9 Å². The fourth-order valence-corrected chi connectivity index (χ4v) is 5.68. The number of rotatable bonds is 5. The summed E-state index contributed by atoms with van der Waals surface area (Å²) in [6.07, 6.45) is 0.0859. The van der Waals surface area contributed by atoms with Crippen LogP contribution in [-0.4, -0.2) is 63.3 Å². The fourth-order valence-electron chi connectivity index (χ4n) is 5.68. The van der Waals surface area contributed by atoms with Crippen LogP contribution in [0.4, 0.5) is 17.6 Å². The quantitative estimate of drug-likeness (QED) is 0.571. The summed E-state index contributed by atoms with van der Waals surface area (Å²) < 4.78 is 58.1. The monoisotopic (exact) mass is 523 g/mol. The van der Waals surface area contributed by atoms with Gasteiger partial charge in [-0.1, -0.05) is 0 Å². The summed E-state index contributed by atoms with van der Waals surface area (Å²) in [6.45, 7) is 0.372. The van der Waals surface area contributed by atoms with Crippen LogP contribution in [0.2, 0.25) is 0 Å². The fraction of sp³-hybridized carbons (Fsp3) is 0.600. The highest BCUT2D eigenvalue weighted by atomic mass is 19.4. The molecule has 0 aromatic carbocycles. The molecular formula is C25H29F4N5O3. The summed E-state index contributed by atoms with van der Waals surface area (Å²) in [5.74, 6) is -2.36. The van der Waals surface area contributed by atoms with Crippen molar-refractivity contribution in [2.45, 2.75) is 69.1 Å². The van der Waals surface area contributed by atoms with Crippen molar-refractivity contribution in [3.63, 3.8) is 0 Å². The molecule has 8 nitrogen and oxygen atoms in total. The minimum atomic E-state index is -4.18. The van der Waals surface area contributed by atoms with Crippen LogP contribution >= 0.6 is 0 Å². The second-order valence-corrected chi connectivity index (χ2v) is 10.3. The number of H-pyrrole nitrogens is 1. The smallest absolute Gasteiger partial charge is 0.391 e. The van der Waals surface area contributed by atoms with Crippen LogP contribution in [0.15, 0.2) is 18.3 Å². The van der Waals surface area contributed by atoms with Gasteiger partial charge in [-0.2, -0.15) is 18.3 Å². The lowest BCUT2D eigenvalue weighted by Crippen LogP contribution is -2.52. The Morgan fingerprint density at radius 1 is 1.16 bits per heavy atom. The number of methoxy groups -OCH3 is 1. The van der Waals surface area contributed by atoms with Gasteiger partial charge >= 0.3 is 6.18 Å². The first-order chi connectivity index (χ1) is 17.6. The first kappa shape index (κ1) is 25.5. The van der Waals surface area contributed by atoms with Crippen molar-refractivity contribution in [1.82, 2.24) is 25.4 Å².